The second-order valence-corrected chi connectivity index (χ2v) is 9.16. The van der Waals surface area contributed by atoms with Crippen molar-refractivity contribution in [1.82, 2.24) is 0 Å². The lowest BCUT2D eigenvalue weighted by atomic mass is 10.0. The van der Waals surface area contributed by atoms with Crippen LogP contribution >= 0.6 is 0 Å². The minimum absolute atomic E-state index is 0.121. The normalized spacial score (nSPS) is 15.8. The van der Waals surface area contributed by atoms with Gasteiger partial charge in [0.2, 0.25) is 0 Å². The molecule has 0 bridgehead atoms. The molecule has 0 amide bonds. The first kappa shape index (κ1) is 15.6. The minimum Gasteiger partial charge on any atom is -0.481 e. The molecule has 0 aromatic rings. The van der Waals surface area contributed by atoms with Crippen LogP contribution in [-0.2, 0) is 9.22 Å². The molecule has 96 valence electrons. The third kappa shape index (κ3) is 3.90. The quantitative estimate of drug-likeness (QED) is 0.667. The fourth-order valence-corrected chi connectivity index (χ4v) is 5.03. The predicted octanol–water partition coefficient (Wildman–Crippen LogP) is 3.51. The fourth-order valence-electron chi connectivity index (χ4n) is 2.02. The van der Waals surface area contributed by atoms with Crippen LogP contribution in [0.15, 0.2) is 0 Å². The molecule has 0 aliphatic heterocycles. The lowest BCUT2D eigenvalue weighted by Gasteiger charge is -2.34. The van der Waals surface area contributed by atoms with Crippen molar-refractivity contribution in [3.63, 3.8) is 0 Å². The molecule has 0 aromatic heterocycles. The summed E-state index contributed by atoms with van der Waals surface area (Å²) in [4.78, 5) is 11.0. The van der Waals surface area contributed by atoms with E-state index in [4.69, 9.17) is 9.53 Å². The van der Waals surface area contributed by atoms with Crippen molar-refractivity contribution in [2.45, 2.75) is 65.3 Å². The standard InChI is InChI=1S/C12H26O3Si/c1-6-11(10(5)12(13)14)15-16(7-2,8-3)9-4/h10-11H,6-9H2,1-5H3,(H,13,14)/t10-,11+/m1/s1. The van der Waals surface area contributed by atoms with Crippen molar-refractivity contribution in [2.24, 2.45) is 5.92 Å². The van der Waals surface area contributed by atoms with Gasteiger partial charge in [0.05, 0.1) is 12.0 Å². The van der Waals surface area contributed by atoms with Crippen LogP contribution in [0.3, 0.4) is 0 Å². The topological polar surface area (TPSA) is 46.5 Å². The lowest BCUT2D eigenvalue weighted by Crippen LogP contribution is -2.43. The minimum atomic E-state index is -1.67. The van der Waals surface area contributed by atoms with Gasteiger partial charge in [-0.2, -0.15) is 0 Å². The largest absolute Gasteiger partial charge is 0.481 e. The smallest absolute Gasteiger partial charge is 0.308 e. The Morgan fingerprint density at radius 1 is 1.19 bits per heavy atom. The van der Waals surface area contributed by atoms with Gasteiger partial charge in [0, 0.05) is 0 Å². The van der Waals surface area contributed by atoms with Gasteiger partial charge in [0.15, 0.2) is 8.32 Å². The van der Waals surface area contributed by atoms with E-state index >= 15 is 0 Å². The molecule has 0 saturated carbocycles. The van der Waals surface area contributed by atoms with Crippen LogP contribution in [0.5, 0.6) is 0 Å². The average Bonchev–Trinajstić information content (AvgIpc) is 2.31. The van der Waals surface area contributed by atoms with Crippen LogP contribution in [0.25, 0.3) is 0 Å². The van der Waals surface area contributed by atoms with Gasteiger partial charge in [-0.25, -0.2) is 0 Å². The van der Waals surface area contributed by atoms with Gasteiger partial charge in [-0.05, 0) is 31.5 Å². The number of aliphatic carboxylic acids is 1. The molecule has 16 heavy (non-hydrogen) atoms. The maximum absolute atomic E-state index is 11.0. The maximum Gasteiger partial charge on any atom is 0.308 e. The van der Waals surface area contributed by atoms with Gasteiger partial charge in [-0.15, -0.1) is 0 Å². The van der Waals surface area contributed by atoms with Crippen LogP contribution in [0, 0.1) is 5.92 Å². The summed E-state index contributed by atoms with van der Waals surface area (Å²) in [6, 6.07) is 3.22. The number of carbonyl (C=O) groups is 1. The van der Waals surface area contributed by atoms with E-state index in [0.29, 0.717) is 0 Å². The molecule has 0 spiro atoms. The zero-order valence-corrected chi connectivity index (χ0v) is 12.2. The summed E-state index contributed by atoms with van der Waals surface area (Å²) in [6.07, 6.45) is 0.659. The van der Waals surface area contributed by atoms with Gasteiger partial charge in [0.1, 0.15) is 0 Å². The van der Waals surface area contributed by atoms with E-state index in [1.165, 1.54) is 0 Å². The van der Waals surface area contributed by atoms with Gasteiger partial charge in [-0.3, -0.25) is 4.79 Å². The van der Waals surface area contributed by atoms with Crippen LogP contribution in [0.1, 0.15) is 41.0 Å². The van der Waals surface area contributed by atoms with Gasteiger partial charge >= 0.3 is 5.97 Å². The molecule has 1 N–H and O–H groups in total. The number of carboxylic acid groups (broad SMARTS) is 1. The molecule has 0 aliphatic rings. The Balaban J connectivity index is 4.67. The Labute approximate surface area is 100 Å². The molecule has 0 rings (SSSR count). The van der Waals surface area contributed by atoms with E-state index in [1.54, 1.807) is 6.92 Å². The average molecular weight is 246 g/mol. The molecule has 0 aliphatic carbocycles. The first-order valence-electron chi connectivity index (χ1n) is 6.36. The Morgan fingerprint density at radius 2 is 1.62 bits per heavy atom. The van der Waals surface area contributed by atoms with E-state index in [1.807, 2.05) is 6.92 Å². The molecule has 0 unspecified atom stereocenters. The molecular weight excluding hydrogens is 220 g/mol. The van der Waals surface area contributed by atoms with Gasteiger partial charge < -0.3 is 9.53 Å². The van der Waals surface area contributed by atoms with E-state index in [-0.39, 0.29) is 6.10 Å². The van der Waals surface area contributed by atoms with Crippen LogP contribution < -0.4 is 0 Å². The summed E-state index contributed by atoms with van der Waals surface area (Å²) in [5, 5.41) is 9.03. The third-order valence-electron chi connectivity index (χ3n) is 3.68. The van der Waals surface area contributed by atoms with E-state index < -0.39 is 20.2 Å². The molecular formula is C12H26O3Si. The summed E-state index contributed by atoms with van der Waals surface area (Å²) in [7, 11) is -1.67. The van der Waals surface area contributed by atoms with E-state index in [0.717, 1.165) is 24.6 Å². The monoisotopic (exact) mass is 246 g/mol. The highest BCUT2D eigenvalue weighted by molar-refractivity contribution is 6.73. The summed E-state index contributed by atoms with van der Waals surface area (Å²) >= 11 is 0. The summed E-state index contributed by atoms with van der Waals surface area (Å²) in [5.41, 5.74) is 0. The summed E-state index contributed by atoms with van der Waals surface area (Å²) in [5.74, 6) is -1.15. The van der Waals surface area contributed by atoms with Crippen molar-refractivity contribution in [3.8, 4) is 0 Å². The van der Waals surface area contributed by atoms with Crippen molar-refractivity contribution in [2.75, 3.05) is 0 Å². The lowest BCUT2D eigenvalue weighted by molar-refractivity contribution is -0.144. The molecule has 4 heteroatoms. The first-order chi connectivity index (χ1) is 7.46. The van der Waals surface area contributed by atoms with Crippen LogP contribution in [0.4, 0.5) is 0 Å². The highest BCUT2D eigenvalue weighted by Gasteiger charge is 2.34. The maximum atomic E-state index is 11.0. The molecule has 0 heterocycles. The number of carboxylic acids is 1. The van der Waals surface area contributed by atoms with E-state index in [9.17, 15) is 4.79 Å². The van der Waals surface area contributed by atoms with Crippen molar-refractivity contribution in [1.29, 1.82) is 0 Å². The summed E-state index contributed by atoms with van der Waals surface area (Å²) in [6.45, 7) is 10.2. The second-order valence-electron chi connectivity index (χ2n) is 4.44. The highest BCUT2D eigenvalue weighted by atomic mass is 28.4. The second kappa shape index (κ2) is 7.07. The molecule has 0 aromatic carbocycles. The van der Waals surface area contributed by atoms with E-state index in [2.05, 4.69) is 20.8 Å². The summed E-state index contributed by atoms with van der Waals surface area (Å²) < 4.78 is 6.22. The van der Waals surface area contributed by atoms with Gasteiger partial charge in [-0.1, -0.05) is 27.7 Å². The fraction of sp³-hybridized carbons (Fsp3) is 0.917. The molecule has 2 atom stereocenters. The van der Waals surface area contributed by atoms with Crippen molar-refractivity contribution in [3.05, 3.63) is 0 Å². The zero-order valence-electron chi connectivity index (χ0n) is 11.2. The van der Waals surface area contributed by atoms with Crippen molar-refractivity contribution >= 4 is 14.3 Å². The number of rotatable bonds is 8. The molecule has 0 radical (unpaired) electrons. The molecule has 0 saturated heterocycles. The van der Waals surface area contributed by atoms with Crippen LogP contribution in [0.2, 0.25) is 18.1 Å². The third-order valence-corrected chi connectivity index (χ3v) is 8.35. The SMILES string of the molecule is CC[C@H](O[Si](CC)(CC)CC)[C@@H](C)C(=O)O. The predicted molar refractivity (Wildman–Crippen MR) is 69.2 cm³/mol. The van der Waals surface area contributed by atoms with Gasteiger partial charge in [0.25, 0.3) is 0 Å². The molecule has 3 nitrogen and oxygen atoms in total. The number of hydrogen-bond acceptors (Lipinski definition) is 2. The zero-order chi connectivity index (χ0) is 12.8. The number of hydrogen-bond donors (Lipinski definition) is 1. The van der Waals surface area contributed by atoms with Crippen molar-refractivity contribution < 1.29 is 14.3 Å². The highest BCUT2D eigenvalue weighted by Crippen LogP contribution is 2.27. The Morgan fingerprint density at radius 3 is 1.88 bits per heavy atom. The van der Waals surface area contributed by atoms with Crippen LogP contribution in [-0.4, -0.2) is 25.5 Å². The first-order valence-corrected chi connectivity index (χ1v) is 8.89. The Bertz CT molecular complexity index is 206. The Kier molecular flexibility index (Phi) is 6.91. The molecule has 0 fully saturated rings. The Hall–Kier alpha value is -0.353.